The Hall–Kier alpha value is -2.36. The molecule has 0 spiro atoms. The van der Waals surface area contributed by atoms with E-state index < -0.39 is 11.7 Å². The molecule has 0 aliphatic carbocycles. The monoisotopic (exact) mass is 401 g/mol. The number of aliphatic imine (C=N–C) groups is 1. The molecule has 0 saturated heterocycles. The average molecular weight is 401 g/mol. The first-order chi connectivity index (χ1) is 12.9. The van der Waals surface area contributed by atoms with Gasteiger partial charge in [-0.1, -0.05) is 6.92 Å². The van der Waals surface area contributed by atoms with Crippen molar-refractivity contribution in [3.63, 3.8) is 0 Å². The maximum absolute atomic E-state index is 12.5. The van der Waals surface area contributed by atoms with Crippen molar-refractivity contribution in [3.05, 3.63) is 40.0 Å². The summed E-state index contributed by atoms with van der Waals surface area (Å²) < 4.78 is 42.7. The highest BCUT2D eigenvalue weighted by molar-refractivity contribution is 7.11. The molecule has 2 aromatic heterocycles. The van der Waals surface area contributed by atoms with Gasteiger partial charge >= 0.3 is 6.18 Å². The molecule has 2 rings (SSSR count). The molecule has 27 heavy (non-hydrogen) atoms. The Balaban J connectivity index is 1.65. The van der Waals surface area contributed by atoms with Crippen LogP contribution in [0.3, 0.4) is 0 Å². The highest BCUT2D eigenvalue weighted by Gasteiger charge is 2.30. The SMILES string of the molecule is CCc1cnc(CCNC(=NC)NCCOc2ccc(C(F)(F)F)cn2)s1. The summed E-state index contributed by atoms with van der Waals surface area (Å²) in [5.74, 6) is 0.759. The molecule has 2 aromatic rings. The van der Waals surface area contributed by atoms with Gasteiger partial charge in [0.1, 0.15) is 6.61 Å². The molecule has 10 heteroatoms. The number of pyridine rings is 1. The quantitative estimate of drug-likeness (QED) is 0.404. The Morgan fingerprint density at radius 2 is 1.96 bits per heavy atom. The van der Waals surface area contributed by atoms with E-state index in [-0.39, 0.29) is 12.5 Å². The third-order valence-electron chi connectivity index (χ3n) is 3.51. The van der Waals surface area contributed by atoms with E-state index in [2.05, 4.69) is 32.5 Å². The Morgan fingerprint density at radius 3 is 2.56 bits per heavy atom. The molecule has 2 heterocycles. The topological polar surface area (TPSA) is 71.4 Å². The van der Waals surface area contributed by atoms with Crippen molar-refractivity contribution < 1.29 is 17.9 Å². The summed E-state index contributed by atoms with van der Waals surface area (Å²) in [4.78, 5) is 13.4. The van der Waals surface area contributed by atoms with Crippen molar-refractivity contribution in [2.75, 3.05) is 26.7 Å². The molecule has 0 saturated carbocycles. The number of aromatic nitrogens is 2. The molecule has 0 amide bonds. The van der Waals surface area contributed by atoms with Crippen molar-refractivity contribution in [2.24, 2.45) is 4.99 Å². The highest BCUT2D eigenvalue weighted by Crippen LogP contribution is 2.29. The fourth-order valence-electron chi connectivity index (χ4n) is 2.09. The molecule has 0 aliphatic rings. The standard InChI is InChI=1S/C17H22F3N5OS/c1-3-13-11-25-15(27-13)6-7-22-16(21-2)23-8-9-26-14-5-4-12(10-24-14)17(18,19)20/h4-5,10-11H,3,6-9H2,1-2H3,(H2,21,22,23). The second kappa shape index (κ2) is 10.1. The maximum Gasteiger partial charge on any atom is 0.417 e. The summed E-state index contributed by atoms with van der Waals surface area (Å²) in [5.41, 5.74) is -0.802. The number of hydrogen-bond acceptors (Lipinski definition) is 5. The van der Waals surface area contributed by atoms with Crippen LogP contribution in [0.1, 0.15) is 22.4 Å². The van der Waals surface area contributed by atoms with Crippen LogP contribution in [0, 0.1) is 0 Å². The van der Waals surface area contributed by atoms with Crippen molar-refractivity contribution in [1.29, 1.82) is 0 Å². The fourth-order valence-corrected chi connectivity index (χ4v) is 2.96. The second-order valence-corrected chi connectivity index (χ2v) is 6.68. The molecular weight excluding hydrogens is 379 g/mol. The van der Waals surface area contributed by atoms with Crippen LogP contribution >= 0.6 is 11.3 Å². The van der Waals surface area contributed by atoms with Gasteiger partial charge in [0.25, 0.3) is 0 Å². The smallest absolute Gasteiger partial charge is 0.417 e. The fraction of sp³-hybridized carbons (Fsp3) is 0.471. The number of nitrogens with zero attached hydrogens (tertiary/aromatic N) is 3. The number of aryl methyl sites for hydroxylation is 1. The normalized spacial score (nSPS) is 12.1. The molecule has 0 unspecified atom stereocenters. The van der Waals surface area contributed by atoms with Crippen LogP contribution in [0.5, 0.6) is 5.88 Å². The van der Waals surface area contributed by atoms with E-state index in [0.717, 1.165) is 30.1 Å². The average Bonchev–Trinajstić information content (AvgIpc) is 3.11. The number of hydrogen-bond donors (Lipinski definition) is 2. The number of ether oxygens (including phenoxy) is 1. The molecule has 0 aliphatic heterocycles. The molecule has 0 aromatic carbocycles. The van der Waals surface area contributed by atoms with E-state index in [9.17, 15) is 13.2 Å². The first-order valence-electron chi connectivity index (χ1n) is 8.46. The van der Waals surface area contributed by atoms with Gasteiger partial charge in [-0.25, -0.2) is 9.97 Å². The second-order valence-electron chi connectivity index (χ2n) is 5.48. The molecule has 2 N–H and O–H groups in total. The summed E-state index contributed by atoms with van der Waals surface area (Å²) in [7, 11) is 1.66. The van der Waals surface area contributed by atoms with E-state index in [0.29, 0.717) is 19.0 Å². The Kier molecular flexibility index (Phi) is 7.83. The lowest BCUT2D eigenvalue weighted by molar-refractivity contribution is -0.137. The van der Waals surface area contributed by atoms with Gasteiger partial charge in [-0.2, -0.15) is 13.2 Å². The maximum atomic E-state index is 12.5. The molecule has 0 bridgehead atoms. The van der Waals surface area contributed by atoms with E-state index >= 15 is 0 Å². The summed E-state index contributed by atoms with van der Waals surface area (Å²) in [6.07, 6.45) is 0.0486. The van der Waals surface area contributed by atoms with E-state index in [1.54, 1.807) is 18.4 Å². The molecule has 148 valence electrons. The zero-order valence-electron chi connectivity index (χ0n) is 15.1. The molecule has 6 nitrogen and oxygen atoms in total. The van der Waals surface area contributed by atoms with Crippen LogP contribution in [0.25, 0.3) is 0 Å². The van der Waals surface area contributed by atoms with Gasteiger partial charge in [0.05, 0.1) is 17.1 Å². The zero-order chi connectivity index (χ0) is 19.7. The van der Waals surface area contributed by atoms with Crippen LogP contribution in [0.2, 0.25) is 0 Å². The number of thiazole rings is 1. The summed E-state index contributed by atoms with van der Waals surface area (Å²) >= 11 is 1.70. The van der Waals surface area contributed by atoms with Crippen molar-refractivity contribution in [1.82, 2.24) is 20.6 Å². The minimum atomic E-state index is -4.40. The van der Waals surface area contributed by atoms with Gasteiger partial charge in [0.2, 0.25) is 5.88 Å². The predicted octanol–water partition coefficient (Wildman–Crippen LogP) is 2.91. The molecule has 0 radical (unpaired) electrons. The lowest BCUT2D eigenvalue weighted by atomic mass is 10.3. The van der Waals surface area contributed by atoms with E-state index in [4.69, 9.17) is 4.74 Å². The van der Waals surface area contributed by atoms with Crippen LogP contribution < -0.4 is 15.4 Å². The van der Waals surface area contributed by atoms with Crippen molar-refractivity contribution >= 4 is 17.3 Å². The number of halogens is 3. The lowest BCUT2D eigenvalue weighted by Crippen LogP contribution is -2.40. The van der Waals surface area contributed by atoms with E-state index in [1.165, 1.54) is 10.9 Å². The summed E-state index contributed by atoms with van der Waals surface area (Å²) in [5, 5.41) is 7.32. The first kappa shape index (κ1) is 20.9. The lowest BCUT2D eigenvalue weighted by Gasteiger charge is -2.12. The van der Waals surface area contributed by atoms with Gasteiger partial charge in [-0.05, 0) is 12.5 Å². The van der Waals surface area contributed by atoms with Crippen LogP contribution in [-0.2, 0) is 19.0 Å². The van der Waals surface area contributed by atoms with Gasteiger partial charge in [-0.15, -0.1) is 11.3 Å². The Labute approximate surface area is 159 Å². The number of guanidine groups is 1. The van der Waals surface area contributed by atoms with Crippen molar-refractivity contribution in [3.8, 4) is 5.88 Å². The first-order valence-corrected chi connectivity index (χ1v) is 9.28. The third-order valence-corrected chi connectivity index (χ3v) is 4.71. The van der Waals surface area contributed by atoms with Gasteiger partial charge < -0.3 is 15.4 Å². The third kappa shape index (κ3) is 7.05. The number of alkyl halides is 3. The van der Waals surface area contributed by atoms with Crippen LogP contribution in [-0.4, -0.2) is 42.7 Å². The van der Waals surface area contributed by atoms with Crippen molar-refractivity contribution in [2.45, 2.75) is 25.9 Å². The van der Waals surface area contributed by atoms with Crippen LogP contribution in [0.15, 0.2) is 29.5 Å². The summed E-state index contributed by atoms with van der Waals surface area (Å²) in [6, 6.07) is 2.15. The Morgan fingerprint density at radius 1 is 1.19 bits per heavy atom. The molecular formula is C17H22F3N5OS. The zero-order valence-corrected chi connectivity index (χ0v) is 16.0. The summed E-state index contributed by atoms with van der Waals surface area (Å²) in [6.45, 7) is 3.46. The number of nitrogens with one attached hydrogen (secondary N) is 2. The molecule has 0 atom stereocenters. The highest BCUT2D eigenvalue weighted by atomic mass is 32.1. The van der Waals surface area contributed by atoms with Gasteiger partial charge in [-0.3, -0.25) is 4.99 Å². The largest absolute Gasteiger partial charge is 0.476 e. The minimum Gasteiger partial charge on any atom is -0.476 e. The van der Waals surface area contributed by atoms with E-state index in [1.807, 2.05) is 6.20 Å². The van der Waals surface area contributed by atoms with Crippen LogP contribution in [0.4, 0.5) is 13.2 Å². The predicted molar refractivity (Wildman–Crippen MR) is 99.3 cm³/mol. The minimum absolute atomic E-state index is 0.142. The Bertz CT molecular complexity index is 731. The van der Waals surface area contributed by atoms with Gasteiger partial charge in [0.15, 0.2) is 5.96 Å². The number of rotatable bonds is 8. The van der Waals surface area contributed by atoms with Gasteiger partial charge in [0, 0.05) is 43.4 Å². The molecule has 0 fully saturated rings.